The number of ketones is 1. The van der Waals surface area contributed by atoms with Crippen LogP contribution < -0.4 is 5.32 Å². The number of fused-ring (bicyclic) bond motifs is 1. The zero-order valence-electron chi connectivity index (χ0n) is 9.33. The number of Topliss-reactive ketones (excluding diaryl/α,β-unsaturated/α-hetero) is 1. The molecule has 4 heteroatoms. The van der Waals surface area contributed by atoms with Crippen LogP contribution in [0.1, 0.15) is 17.3 Å². The molecule has 2 N–H and O–H groups in total. The van der Waals surface area contributed by atoms with Crippen molar-refractivity contribution < 1.29 is 9.53 Å². The molecule has 4 nitrogen and oxygen atoms in total. The molecule has 0 spiro atoms. The van der Waals surface area contributed by atoms with E-state index in [9.17, 15) is 4.79 Å². The summed E-state index contributed by atoms with van der Waals surface area (Å²) in [6.07, 6.45) is 0. The van der Waals surface area contributed by atoms with Gasteiger partial charge in [0.25, 0.3) is 0 Å². The fraction of sp³-hybridized carbons (Fsp3) is 0.250. The zero-order valence-corrected chi connectivity index (χ0v) is 9.33. The molecule has 1 aromatic carbocycles. The third-order valence-corrected chi connectivity index (χ3v) is 2.45. The lowest BCUT2D eigenvalue weighted by Crippen LogP contribution is -2.06. The molecule has 0 amide bonds. The molecule has 0 aliphatic rings. The Morgan fingerprint density at radius 1 is 1.44 bits per heavy atom. The van der Waals surface area contributed by atoms with Gasteiger partial charge < -0.3 is 15.0 Å². The Kier molecular flexibility index (Phi) is 2.92. The Hall–Kier alpha value is -1.81. The summed E-state index contributed by atoms with van der Waals surface area (Å²) in [4.78, 5) is 14.8. The molecule has 1 heterocycles. The molecule has 0 bridgehead atoms. The number of anilines is 1. The van der Waals surface area contributed by atoms with Crippen LogP contribution >= 0.6 is 0 Å². The van der Waals surface area contributed by atoms with Crippen LogP contribution in [0.3, 0.4) is 0 Å². The van der Waals surface area contributed by atoms with Gasteiger partial charge in [0, 0.05) is 18.0 Å². The minimum atomic E-state index is 0.0380. The summed E-state index contributed by atoms with van der Waals surface area (Å²) in [5.41, 5.74) is 1.64. The topological polar surface area (TPSA) is 54.1 Å². The van der Waals surface area contributed by atoms with E-state index in [1.54, 1.807) is 14.0 Å². The zero-order chi connectivity index (χ0) is 11.5. The van der Waals surface area contributed by atoms with Gasteiger partial charge in [-0.1, -0.05) is 18.2 Å². The molecule has 0 saturated heterocycles. The van der Waals surface area contributed by atoms with Gasteiger partial charge in [-0.25, -0.2) is 0 Å². The van der Waals surface area contributed by atoms with Crippen molar-refractivity contribution in [3.63, 3.8) is 0 Å². The maximum Gasteiger partial charge on any atom is 0.164 e. The molecule has 0 radical (unpaired) electrons. The first-order valence-electron chi connectivity index (χ1n) is 5.08. The second kappa shape index (κ2) is 4.37. The minimum Gasteiger partial charge on any atom is -0.365 e. The van der Waals surface area contributed by atoms with Gasteiger partial charge in [0.1, 0.15) is 12.5 Å². The third-order valence-electron chi connectivity index (χ3n) is 2.45. The normalized spacial score (nSPS) is 10.6. The van der Waals surface area contributed by atoms with Gasteiger partial charge in [-0.3, -0.25) is 4.79 Å². The molecule has 16 heavy (non-hydrogen) atoms. The van der Waals surface area contributed by atoms with Crippen molar-refractivity contribution in [1.29, 1.82) is 0 Å². The number of methoxy groups -OCH3 is 1. The van der Waals surface area contributed by atoms with Crippen molar-refractivity contribution in [2.75, 3.05) is 19.2 Å². The number of aromatic nitrogens is 1. The summed E-state index contributed by atoms with van der Waals surface area (Å²) in [5.74, 6) is 0.756. The Morgan fingerprint density at radius 2 is 2.19 bits per heavy atom. The van der Waals surface area contributed by atoms with E-state index >= 15 is 0 Å². The van der Waals surface area contributed by atoms with Crippen molar-refractivity contribution >= 4 is 22.5 Å². The number of aromatic amines is 1. The molecule has 0 aliphatic heterocycles. The standard InChI is InChI=1S/C12H14N2O2/c1-8(15)11-9-5-3-4-6-10(9)14-12(11)13-7-16-2/h3-6,13-14H,7H2,1-2H3. The predicted molar refractivity (Wildman–Crippen MR) is 63.8 cm³/mol. The van der Waals surface area contributed by atoms with E-state index in [2.05, 4.69) is 10.3 Å². The van der Waals surface area contributed by atoms with Gasteiger partial charge in [-0.2, -0.15) is 0 Å². The van der Waals surface area contributed by atoms with Crippen molar-refractivity contribution in [1.82, 2.24) is 4.98 Å². The van der Waals surface area contributed by atoms with Crippen LogP contribution in [0.2, 0.25) is 0 Å². The van der Waals surface area contributed by atoms with Crippen molar-refractivity contribution in [3.05, 3.63) is 29.8 Å². The summed E-state index contributed by atoms with van der Waals surface area (Å²) in [7, 11) is 1.60. The maximum atomic E-state index is 11.6. The van der Waals surface area contributed by atoms with Crippen LogP contribution in [0.5, 0.6) is 0 Å². The van der Waals surface area contributed by atoms with Gasteiger partial charge >= 0.3 is 0 Å². The smallest absolute Gasteiger partial charge is 0.164 e. The van der Waals surface area contributed by atoms with Crippen LogP contribution in [0.25, 0.3) is 10.9 Å². The lowest BCUT2D eigenvalue weighted by atomic mass is 10.1. The molecule has 0 fully saturated rings. The highest BCUT2D eigenvalue weighted by molar-refractivity contribution is 6.11. The Bertz CT molecular complexity index is 517. The number of hydrogen-bond donors (Lipinski definition) is 2. The molecule has 1 aromatic heterocycles. The Labute approximate surface area is 93.6 Å². The number of benzene rings is 1. The minimum absolute atomic E-state index is 0.0380. The maximum absolute atomic E-state index is 11.6. The van der Waals surface area contributed by atoms with Crippen molar-refractivity contribution in [3.8, 4) is 0 Å². The number of carbonyl (C=O) groups is 1. The summed E-state index contributed by atoms with van der Waals surface area (Å²) in [5, 5.41) is 3.97. The summed E-state index contributed by atoms with van der Waals surface area (Å²) in [6, 6.07) is 7.73. The molecular formula is C12H14N2O2. The molecule has 0 unspecified atom stereocenters. The second-order valence-corrected chi connectivity index (χ2v) is 3.59. The first-order chi connectivity index (χ1) is 7.74. The van der Waals surface area contributed by atoms with E-state index < -0.39 is 0 Å². The predicted octanol–water partition coefficient (Wildman–Crippen LogP) is 2.39. The van der Waals surface area contributed by atoms with Crippen LogP contribution in [-0.4, -0.2) is 24.6 Å². The van der Waals surface area contributed by atoms with Crippen molar-refractivity contribution in [2.24, 2.45) is 0 Å². The second-order valence-electron chi connectivity index (χ2n) is 3.59. The number of nitrogens with one attached hydrogen (secondary N) is 2. The first-order valence-corrected chi connectivity index (χ1v) is 5.08. The van der Waals surface area contributed by atoms with E-state index in [1.807, 2.05) is 24.3 Å². The molecule has 2 aromatic rings. The number of ether oxygens (including phenoxy) is 1. The van der Waals surface area contributed by atoms with Crippen LogP contribution in [0.15, 0.2) is 24.3 Å². The van der Waals surface area contributed by atoms with Gasteiger partial charge in [0.15, 0.2) is 5.78 Å². The quantitative estimate of drug-likeness (QED) is 0.612. The highest BCUT2D eigenvalue weighted by Crippen LogP contribution is 2.26. The third kappa shape index (κ3) is 1.79. The van der Waals surface area contributed by atoms with Crippen LogP contribution in [-0.2, 0) is 4.74 Å². The molecule has 2 rings (SSSR count). The molecule has 0 atom stereocenters. The largest absolute Gasteiger partial charge is 0.365 e. The van der Waals surface area contributed by atoms with E-state index in [-0.39, 0.29) is 5.78 Å². The fourth-order valence-electron chi connectivity index (χ4n) is 1.78. The molecule has 0 saturated carbocycles. The highest BCUT2D eigenvalue weighted by Gasteiger charge is 2.14. The lowest BCUT2D eigenvalue weighted by Gasteiger charge is -2.03. The summed E-state index contributed by atoms with van der Waals surface area (Å²) < 4.78 is 4.93. The van der Waals surface area contributed by atoms with E-state index in [0.29, 0.717) is 12.3 Å². The summed E-state index contributed by atoms with van der Waals surface area (Å²) in [6.45, 7) is 1.93. The number of hydrogen-bond acceptors (Lipinski definition) is 3. The van der Waals surface area contributed by atoms with Crippen LogP contribution in [0, 0.1) is 0 Å². The number of H-pyrrole nitrogens is 1. The van der Waals surface area contributed by atoms with Gasteiger partial charge in [-0.05, 0) is 13.0 Å². The number of rotatable bonds is 4. The van der Waals surface area contributed by atoms with E-state index in [4.69, 9.17) is 4.74 Å². The first kappa shape index (κ1) is 10.7. The van der Waals surface area contributed by atoms with Crippen molar-refractivity contribution in [2.45, 2.75) is 6.92 Å². The number of para-hydroxylation sites is 1. The fourth-order valence-corrected chi connectivity index (χ4v) is 1.78. The Morgan fingerprint density at radius 3 is 2.88 bits per heavy atom. The highest BCUT2D eigenvalue weighted by atomic mass is 16.5. The summed E-state index contributed by atoms with van der Waals surface area (Å²) >= 11 is 0. The van der Waals surface area contributed by atoms with E-state index in [0.717, 1.165) is 16.7 Å². The van der Waals surface area contributed by atoms with Gasteiger partial charge in [-0.15, -0.1) is 0 Å². The average Bonchev–Trinajstić information content (AvgIpc) is 2.64. The number of carbonyl (C=O) groups excluding carboxylic acids is 1. The monoisotopic (exact) mass is 218 g/mol. The SMILES string of the molecule is COCNc1[nH]c2ccccc2c1C(C)=O. The van der Waals surface area contributed by atoms with Gasteiger partial charge in [0.2, 0.25) is 0 Å². The van der Waals surface area contributed by atoms with Crippen LogP contribution in [0.4, 0.5) is 5.82 Å². The Balaban J connectivity index is 2.54. The van der Waals surface area contributed by atoms with Gasteiger partial charge in [0.05, 0.1) is 5.56 Å². The molecular weight excluding hydrogens is 204 g/mol. The van der Waals surface area contributed by atoms with E-state index in [1.165, 1.54) is 0 Å². The average molecular weight is 218 g/mol. The molecule has 0 aliphatic carbocycles. The molecule has 84 valence electrons. The lowest BCUT2D eigenvalue weighted by molar-refractivity contribution is 0.102.